The molecule has 0 bridgehead atoms. The molecule has 0 aliphatic heterocycles. The van der Waals surface area contributed by atoms with Crippen molar-refractivity contribution in [3.8, 4) is 0 Å². The van der Waals surface area contributed by atoms with Crippen molar-refractivity contribution in [1.29, 1.82) is 0 Å². The molecule has 108 valence electrons. The van der Waals surface area contributed by atoms with E-state index in [0.717, 1.165) is 36.3 Å². The number of para-hydroxylation sites is 1. The number of anilines is 1. The molecule has 1 heterocycles. The van der Waals surface area contributed by atoms with Gasteiger partial charge in [-0.2, -0.15) is 0 Å². The average Bonchev–Trinajstić information content (AvgIpc) is 2.46. The quantitative estimate of drug-likeness (QED) is 0.757. The Labute approximate surface area is 126 Å². The second-order valence-electron chi connectivity index (χ2n) is 5.32. The van der Waals surface area contributed by atoms with Crippen molar-refractivity contribution in [2.24, 2.45) is 5.92 Å². The van der Waals surface area contributed by atoms with Crippen LogP contribution in [0, 0.1) is 12.8 Å². The summed E-state index contributed by atoms with van der Waals surface area (Å²) in [5, 5.41) is 4.74. The summed E-state index contributed by atoms with van der Waals surface area (Å²) in [6.07, 6.45) is 2.24. The number of nitrogens with zero attached hydrogens (tertiary/aromatic N) is 1. The summed E-state index contributed by atoms with van der Waals surface area (Å²) in [7, 11) is 0. The number of halogens is 1. The Morgan fingerprint density at radius 3 is 2.60 bits per heavy atom. The lowest BCUT2D eigenvalue weighted by Gasteiger charge is -2.20. The van der Waals surface area contributed by atoms with E-state index in [1.54, 1.807) is 0 Å². The van der Waals surface area contributed by atoms with Crippen LogP contribution in [0.4, 0.5) is 5.82 Å². The van der Waals surface area contributed by atoms with Gasteiger partial charge in [0.05, 0.1) is 10.9 Å². The van der Waals surface area contributed by atoms with E-state index in [1.807, 2.05) is 18.2 Å². The SMILES string of the molecule is CCC(CC)C(Cl)CNc1nc2ccccc2cc1C. The van der Waals surface area contributed by atoms with Gasteiger partial charge in [0.15, 0.2) is 0 Å². The number of pyridine rings is 1. The van der Waals surface area contributed by atoms with Crippen LogP contribution < -0.4 is 5.32 Å². The Morgan fingerprint density at radius 1 is 1.20 bits per heavy atom. The van der Waals surface area contributed by atoms with Crippen molar-refractivity contribution in [2.75, 3.05) is 11.9 Å². The number of aromatic nitrogens is 1. The van der Waals surface area contributed by atoms with E-state index in [9.17, 15) is 0 Å². The Hall–Kier alpha value is -1.28. The smallest absolute Gasteiger partial charge is 0.129 e. The van der Waals surface area contributed by atoms with Gasteiger partial charge in [0.2, 0.25) is 0 Å². The van der Waals surface area contributed by atoms with Gasteiger partial charge in [-0.1, -0.05) is 44.9 Å². The van der Waals surface area contributed by atoms with Gasteiger partial charge in [0, 0.05) is 11.9 Å². The lowest BCUT2D eigenvalue weighted by Crippen LogP contribution is -2.23. The molecule has 2 nitrogen and oxygen atoms in total. The molecular formula is C17H23ClN2. The van der Waals surface area contributed by atoms with Crippen molar-refractivity contribution in [3.63, 3.8) is 0 Å². The molecule has 3 heteroatoms. The molecule has 1 N–H and O–H groups in total. The van der Waals surface area contributed by atoms with Gasteiger partial charge in [-0.05, 0) is 30.5 Å². The number of benzene rings is 1. The van der Waals surface area contributed by atoms with Crippen LogP contribution in [0.5, 0.6) is 0 Å². The summed E-state index contributed by atoms with van der Waals surface area (Å²) in [4.78, 5) is 4.69. The van der Waals surface area contributed by atoms with Crippen molar-refractivity contribution < 1.29 is 0 Å². The van der Waals surface area contributed by atoms with Gasteiger partial charge in [-0.3, -0.25) is 0 Å². The third-order valence-electron chi connectivity index (χ3n) is 3.94. The second-order valence-corrected chi connectivity index (χ2v) is 5.88. The Balaban J connectivity index is 2.11. The first kappa shape index (κ1) is 15.1. The highest BCUT2D eigenvalue weighted by Crippen LogP contribution is 2.22. The van der Waals surface area contributed by atoms with Gasteiger partial charge in [-0.25, -0.2) is 4.98 Å². The molecule has 1 atom stereocenters. The zero-order valence-corrected chi connectivity index (χ0v) is 13.2. The number of aryl methyl sites for hydroxylation is 1. The number of rotatable bonds is 6. The summed E-state index contributed by atoms with van der Waals surface area (Å²) >= 11 is 6.48. The van der Waals surface area contributed by atoms with E-state index in [0.29, 0.717) is 5.92 Å². The number of nitrogens with one attached hydrogen (secondary N) is 1. The standard InChI is InChI=1S/C17H23ClN2/c1-4-13(5-2)15(18)11-19-17-12(3)10-14-8-6-7-9-16(14)20-17/h6-10,13,15H,4-5,11H2,1-3H3,(H,19,20). The van der Waals surface area contributed by atoms with Crippen LogP contribution >= 0.6 is 11.6 Å². The highest BCUT2D eigenvalue weighted by Gasteiger charge is 2.16. The van der Waals surface area contributed by atoms with Crippen LogP contribution in [0.2, 0.25) is 0 Å². The van der Waals surface area contributed by atoms with Gasteiger partial charge in [0.25, 0.3) is 0 Å². The maximum atomic E-state index is 6.48. The minimum absolute atomic E-state index is 0.151. The number of hydrogen-bond donors (Lipinski definition) is 1. The van der Waals surface area contributed by atoms with E-state index >= 15 is 0 Å². The van der Waals surface area contributed by atoms with Crippen molar-refractivity contribution in [3.05, 3.63) is 35.9 Å². The summed E-state index contributed by atoms with van der Waals surface area (Å²) in [5.41, 5.74) is 2.19. The van der Waals surface area contributed by atoms with Crippen LogP contribution in [-0.2, 0) is 0 Å². The predicted molar refractivity (Wildman–Crippen MR) is 88.7 cm³/mol. The zero-order chi connectivity index (χ0) is 14.5. The minimum atomic E-state index is 0.151. The largest absolute Gasteiger partial charge is 0.368 e. The molecule has 0 aliphatic carbocycles. The zero-order valence-electron chi connectivity index (χ0n) is 12.5. The van der Waals surface area contributed by atoms with Crippen molar-refractivity contribution >= 4 is 28.3 Å². The normalized spacial score (nSPS) is 12.8. The third-order valence-corrected chi connectivity index (χ3v) is 4.45. The third kappa shape index (κ3) is 3.43. The molecule has 1 unspecified atom stereocenters. The van der Waals surface area contributed by atoms with Gasteiger partial charge in [0.1, 0.15) is 5.82 Å². The first-order valence-corrected chi connectivity index (χ1v) is 7.83. The van der Waals surface area contributed by atoms with Crippen LogP contribution in [0.25, 0.3) is 10.9 Å². The fourth-order valence-electron chi connectivity index (χ4n) is 2.56. The van der Waals surface area contributed by atoms with E-state index in [-0.39, 0.29) is 5.38 Å². The fraction of sp³-hybridized carbons (Fsp3) is 0.471. The summed E-state index contributed by atoms with van der Waals surface area (Å²) in [6.45, 7) is 7.24. The first-order valence-electron chi connectivity index (χ1n) is 7.40. The molecule has 0 saturated carbocycles. The molecule has 1 aromatic heterocycles. The minimum Gasteiger partial charge on any atom is -0.368 e. The lowest BCUT2D eigenvalue weighted by atomic mass is 9.99. The summed E-state index contributed by atoms with van der Waals surface area (Å²) in [6, 6.07) is 10.4. The first-order chi connectivity index (χ1) is 9.65. The van der Waals surface area contributed by atoms with Crippen LogP contribution in [0.3, 0.4) is 0 Å². The molecule has 20 heavy (non-hydrogen) atoms. The Morgan fingerprint density at radius 2 is 1.90 bits per heavy atom. The molecule has 1 aromatic carbocycles. The van der Waals surface area contributed by atoms with Crippen molar-refractivity contribution in [2.45, 2.75) is 39.0 Å². The molecule has 0 fully saturated rings. The van der Waals surface area contributed by atoms with Gasteiger partial charge >= 0.3 is 0 Å². The highest BCUT2D eigenvalue weighted by atomic mass is 35.5. The van der Waals surface area contributed by atoms with E-state index < -0.39 is 0 Å². The van der Waals surface area contributed by atoms with E-state index in [4.69, 9.17) is 11.6 Å². The van der Waals surface area contributed by atoms with Crippen LogP contribution in [-0.4, -0.2) is 16.9 Å². The maximum Gasteiger partial charge on any atom is 0.129 e. The maximum absolute atomic E-state index is 6.48. The lowest BCUT2D eigenvalue weighted by molar-refractivity contribution is 0.475. The Bertz CT molecular complexity index is 564. The average molecular weight is 291 g/mol. The monoisotopic (exact) mass is 290 g/mol. The van der Waals surface area contributed by atoms with Crippen LogP contribution in [0.15, 0.2) is 30.3 Å². The molecule has 2 aromatic rings. The molecule has 0 radical (unpaired) electrons. The molecule has 0 aliphatic rings. The molecule has 0 spiro atoms. The van der Waals surface area contributed by atoms with E-state index in [1.165, 1.54) is 5.39 Å². The Kier molecular flexibility index (Phi) is 5.24. The van der Waals surface area contributed by atoms with Crippen molar-refractivity contribution in [1.82, 2.24) is 4.98 Å². The molecular weight excluding hydrogens is 268 g/mol. The molecule has 0 saturated heterocycles. The summed E-state index contributed by atoms with van der Waals surface area (Å²) < 4.78 is 0. The van der Waals surface area contributed by atoms with Gasteiger partial charge < -0.3 is 5.32 Å². The number of fused-ring (bicyclic) bond motifs is 1. The van der Waals surface area contributed by atoms with Gasteiger partial charge in [-0.15, -0.1) is 11.6 Å². The topological polar surface area (TPSA) is 24.9 Å². The molecule has 0 amide bonds. The summed E-state index contributed by atoms with van der Waals surface area (Å²) in [5.74, 6) is 1.50. The fourth-order valence-corrected chi connectivity index (χ4v) is 3.00. The predicted octanol–water partition coefficient (Wildman–Crippen LogP) is 5.00. The highest BCUT2D eigenvalue weighted by molar-refractivity contribution is 6.21. The van der Waals surface area contributed by atoms with E-state index in [2.05, 4.69) is 43.2 Å². The van der Waals surface area contributed by atoms with Crippen LogP contribution in [0.1, 0.15) is 32.3 Å². The number of hydrogen-bond acceptors (Lipinski definition) is 2. The second kappa shape index (κ2) is 6.94. The number of alkyl halides is 1. The molecule has 2 rings (SSSR count).